The third-order valence-electron chi connectivity index (χ3n) is 3.91. The van der Waals surface area contributed by atoms with Gasteiger partial charge in [0.25, 0.3) is 0 Å². The topological polar surface area (TPSA) is 53.3 Å². The average Bonchev–Trinajstić information content (AvgIpc) is 2.57. The summed E-state index contributed by atoms with van der Waals surface area (Å²) in [6.45, 7) is 10.9. The molecule has 1 rings (SSSR count). The van der Waals surface area contributed by atoms with E-state index in [9.17, 15) is 0 Å². The summed E-state index contributed by atoms with van der Waals surface area (Å²) in [7, 11) is 4.19. The van der Waals surface area contributed by atoms with Crippen LogP contribution in [0.25, 0.3) is 0 Å². The van der Waals surface area contributed by atoms with Crippen molar-refractivity contribution in [1.29, 1.82) is 0 Å². The highest BCUT2D eigenvalue weighted by Gasteiger charge is 2.20. The van der Waals surface area contributed by atoms with E-state index in [1.807, 2.05) is 11.6 Å². The molecule has 0 spiro atoms. The van der Waals surface area contributed by atoms with Crippen LogP contribution in [0.1, 0.15) is 30.8 Å². The molecule has 0 radical (unpaired) electrons. The first-order valence-corrected chi connectivity index (χ1v) is 6.81. The molecule has 1 aromatic heterocycles. The lowest BCUT2D eigenvalue weighted by molar-refractivity contribution is 0.189. The van der Waals surface area contributed by atoms with Crippen LogP contribution >= 0.6 is 0 Å². The molecule has 0 saturated carbocycles. The largest absolute Gasteiger partial charge is 0.394 e. The Morgan fingerprint density at radius 2 is 1.95 bits per heavy atom. The maximum Gasteiger partial charge on any atom is 0.0644 e. The van der Waals surface area contributed by atoms with Crippen molar-refractivity contribution < 1.29 is 5.11 Å². The van der Waals surface area contributed by atoms with Gasteiger partial charge in [-0.25, -0.2) is 0 Å². The minimum absolute atomic E-state index is 0.127. The number of nitrogens with zero attached hydrogens (tertiary/aromatic N) is 3. The van der Waals surface area contributed by atoms with Gasteiger partial charge in [0.15, 0.2) is 0 Å². The van der Waals surface area contributed by atoms with Crippen LogP contribution in [0.4, 0.5) is 0 Å². The monoisotopic (exact) mass is 268 g/mol. The first kappa shape index (κ1) is 16.1. The molecule has 5 nitrogen and oxygen atoms in total. The molecule has 0 aromatic carbocycles. The van der Waals surface area contributed by atoms with Crippen molar-refractivity contribution in [3.63, 3.8) is 0 Å². The van der Waals surface area contributed by atoms with Crippen molar-refractivity contribution in [1.82, 2.24) is 20.0 Å². The fourth-order valence-corrected chi connectivity index (χ4v) is 1.95. The minimum Gasteiger partial charge on any atom is -0.394 e. The number of rotatable bonds is 7. The second-order valence-corrected chi connectivity index (χ2v) is 5.91. The predicted octanol–water partition coefficient (Wildman–Crippen LogP) is 0.922. The van der Waals surface area contributed by atoms with Gasteiger partial charge < -0.3 is 15.3 Å². The van der Waals surface area contributed by atoms with Crippen LogP contribution < -0.4 is 5.32 Å². The van der Waals surface area contributed by atoms with Crippen molar-refractivity contribution in [3.8, 4) is 0 Å². The first-order valence-electron chi connectivity index (χ1n) is 6.81. The molecule has 0 aliphatic carbocycles. The number of aromatic nitrogens is 2. The van der Waals surface area contributed by atoms with E-state index in [4.69, 9.17) is 5.11 Å². The molecule has 0 aliphatic rings. The van der Waals surface area contributed by atoms with Gasteiger partial charge in [-0.2, -0.15) is 5.10 Å². The normalized spacial score (nSPS) is 12.4. The first-order chi connectivity index (χ1) is 8.79. The lowest BCUT2D eigenvalue weighted by Gasteiger charge is -2.32. The van der Waals surface area contributed by atoms with E-state index < -0.39 is 0 Å². The number of nitrogens with one attached hydrogen (secondary N) is 1. The van der Waals surface area contributed by atoms with Gasteiger partial charge in [0, 0.05) is 29.9 Å². The molecular formula is C14H28N4O. The summed E-state index contributed by atoms with van der Waals surface area (Å²) < 4.78 is 1.88. The van der Waals surface area contributed by atoms with E-state index in [1.54, 1.807) is 0 Å². The third kappa shape index (κ3) is 4.03. The molecule has 2 N–H and O–H groups in total. The molecule has 0 amide bonds. The second-order valence-electron chi connectivity index (χ2n) is 5.91. The van der Waals surface area contributed by atoms with Crippen molar-refractivity contribution in [2.45, 2.75) is 46.3 Å². The van der Waals surface area contributed by atoms with Crippen LogP contribution in [0, 0.1) is 13.8 Å². The second kappa shape index (κ2) is 6.50. The van der Waals surface area contributed by atoms with Crippen LogP contribution in [0.15, 0.2) is 0 Å². The lowest BCUT2D eigenvalue weighted by atomic mass is 10.0. The molecule has 19 heavy (non-hydrogen) atoms. The van der Waals surface area contributed by atoms with Gasteiger partial charge in [-0.05, 0) is 41.8 Å². The Morgan fingerprint density at radius 1 is 1.32 bits per heavy atom. The van der Waals surface area contributed by atoms with Crippen molar-refractivity contribution in [3.05, 3.63) is 17.0 Å². The van der Waals surface area contributed by atoms with E-state index in [0.29, 0.717) is 6.54 Å². The number of hydrogen-bond acceptors (Lipinski definition) is 4. The molecule has 0 unspecified atom stereocenters. The Kier molecular flexibility index (Phi) is 5.52. The van der Waals surface area contributed by atoms with Gasteiger partial charge in [-0.3, -0.25) is 4.68 Å². The summed E-state index contributed by atoms with van der Waals surface area (Å²) in [4.78, 5) is 2.22. The van der Waals surface area contributed by atoms with E-state index >= 15 is 0 Å². The van der Waals surface area contributed by atoms with Crippen LogP contribution in [-0.2, 0) is 13.1 Å². The Labute approximate surface area is 116 Å². The average molecular weight is 268 g/mol. The molecule has 0 atom stereocenters. The molecule has 1 heterocycles. The smallest absolute Gasteiger partial charge is 0.0644 e. The number of likely N-dealkylation sites (N-methyl/N-ethyl adjacent to an activating group) is 1. The molecule has 0 aliphatic heterocycles. The van der Waals surface area contributed by atoms with Gasteiger partial charge in [-0.1, -0.05) is 0 Å². The number of hydrogen-bond donors (Lipinski definition) is 2. The number of aliphatic hydroxyl groups is 1. The maximum atomic E-state index is 9.01. The van der Waals surface area contributed by atoms with E-state index in [-0.39, 0.29) is 12.1 Å². The number of aryl methyl sites for hydroxylation is 1. The van der Waals surface area contributed by atoms with E-state index in [0.717, 1.165) is 24.5 Å². The highest BCUT2D eigenvalue weighted by atomic mass is 16.3. The molecule has 5 heteroatoms. The van der Waals surface area contributed by atoms with Crippen molar-refractivity contribution in [2.75, 3.05) is 27.2 Å². The summed E-state index contributed by atoms with van der Waals surface area (Å²) in [6, 6.07) is 0. The Bertz CT molecular complexity index is 410. The Morgan fingerprint density at radius 3 is 2.47 bits per heavy atom. The summed E-state index contributed by atoms with van der Waals surface area (Å²) in [5.74, 6) is 0. The zero-order valence-corrected chi connectivity index (χ0v) is 13.1. The fourth-order valence-electron chi connectivity index (χ4n) is 1.95. The quantitative estimate of drug-likeness (QED) is 0.772. The Hall–Kier alpha value is -0.910. The van der Waals surface area contributed by atoms with Gasteiger partial charge >= 0.3 is 0 Å². The summed E-state index contributed by atoms with van der Waals surface area (Å²) in [5, 5.41) is 17.0. The molecule has 0 fully saturated rings. The molecule has 0 saturated heterocycles. The number of aliphatic hydroxyl groups excluding tert-OH is 1. The minimum atomic E-state index is 0.127. The SMILES string of the molecule is Cc1nn(CCO)c(C)c1CNCC(C)(C)N(C)C. The maximum absolute atomic E-state index is 9.01. The van der Waals surface area contributed by atoms with E-state index in [1.165, 1.54) is 5.56 Å². The van der Waals surface area contributed by atoms with Crippen LogP contribution in [0.2, 0.25) is 0 Å². The lowest BCUT2D eigenvalue weighted by Crippen LogP contribution is -2.46. The van der Waals surface area contributed by atoms with Gasteiger partial charge in [0.2, 0.25) is 0 Å². The standard InChI is InChI=1S/C14H28N4O/c1-11-13(12(2)18(16-11)7-8-19)9-15-10-14(3,4)17(5)6/h15,19H,7-10H2,1-6H3. The van der Waals surface area contributed by atoms with Crippen LogP contribution in [0.3, 0.4) is 0 Å². The van der Waals surface area contributed by atoms with Gasteiger partial charge in [-0.15, -0.1) is 0 Å². The van der Waals surface area contributed by atoms with Crippen molar-refractivity contribution >= 4 is 0 Å². The van der Waals surface area contributed by atoms with Gasteiger partial charge in [0.05, 0.1) is 18.8 Å². The Balaban J connectivity index is 2.63. The summed E-state index contributed by atoms with van der Waals surface area (Å²) in [5.41, 5.74) is 3.55. The van der Waals surface area contributed by atoms with Crippen LogP contribution in [0.5, 0.6) is 0 Å². The third-order valence-corrected chi connectivity index (χ3v) is 3.91. The van der Waals surface area contributed by atoms with E-state index in [2.05, 4.69) is 50.2 Å². The molecule has 1 aromatic rings. The highest BCUT2D eigenvalue weighted by molar-refractivity contribution is 5.24. The highest BCUT2D eigenvalue weighted by Crippen LogP contribution is 2.14. The molecular weight excluding hydrogens is 240 g/mol. The van der Waals surface area contributed by atoms with Crippen molar-refractivity contribution in [2.24, 2.45) is 0 Å². The summed E-state index contributed by atoms with van der Waals surface area (Å²) in [6.07, 6.45) is 0. The fraction of sp³-hybridized carbons (Fsp3) is 0.786. The zero-order chi connectivity index (χ0) is 14.6. The van der Waals surface area contributed by atoms with Gasteiger partial charge in [0.1, 0.15) is 0 Å². The zero-order valence-electron chi connectivity index (χ0n) is 13.1. The molecule has 110 valence electrons. The molecule has 0 bridgehead atoms. The predicted molar refractivity (Wildman–Crippen MR) is 78.3 cm³/mol. The van der Waals surface area contributed by atoms with Crippen LogP contribution in [-0.4, -0.2) is 52.6 Å². The summed E-state index contributed by atoms with van der Waals surface area (Å²) >= 11 is 0.